The van der Waals surface area contributed by atoms with Crippen molar-refractivity contribution < 1.29 is 9.53 Å². The van der Waals surface area contributed by atoms with Crippen LogP contribution in [0.2, 0.25) is 5.82 Å². The molecule has 0 radical (unpaired) electrons. The lowest BCUT2D eigenvalue weighted by Gasteiger charge is -2.14. The van der Waals surface area contributed by atoms with Crippen LogP contribution >= 0.6 is 0 Å². The monoisotopic (exact) mass is 181 g/mol. The summed E-state index contributed by atoms with van der Waals surface area (Å²) in [6.07, 6.45) is 0.927. The van der Waals surface area contributed by atoms with Gasteiger partial charge in [0, 0.05) is 13.6 Å². The highest BCUT2D eigenvalue weighted by atomic mass is 16.5. The third kappa shape index (κ3) is 1.71. The van der Waals surface area contributed by atoms with Crippen molar-refractivity contribution in [2.24, 2.45) is 0 Å². The highest BCUT2D eigenvalue weighted by molar-refractivity contribution is 6.15. The molecule has 0 spiro atoms. The summed E-state index contributed by atoms with van der Waals surface area (Å²) in [6.45, 7) is 3.00. The molecular formula is C9H16BNO2. The molecule has 0 aliphatic carbocycles. The molecule has 1 aliphatic heterocycles. The zero-order valence-electron chi connectivity index (χ0n) is 8.76. The van der Waals surface area contributed by atoms with Gasteiger partial charge in [-0.25, -0.2) is 4.79 Å². The Balaban J connectivity index is 2.98. The first kappa shape index (κ1) is 10.2. The number of hydrogen-bond donors (Lipinski definition) is 0. The fourth-order valence-electron chi connectivity index (χ4n) is 1.99. The van der Waals surface area contributed by atoms with Crippen LogP contribution in [0.1, 0.15) is 13.3 Å². The molecule has 1 aliphatic rings. The first-order valence-corrected chi connectivity index (χ1v) is 4.64. The molecule has 3 nitrogen and oxygen atoms in total. The second kappa shape index (κ2) is 3.86. The highest BCUT2D eigenvalue weighted by Gasteiger charge is 2.29. The van der Waals surface area contributed by atoms with E-state index in [0.29, 0.717) is 5.82 Å². The molecule has 1 atom stereocenters. The van der Waals surface area contributed by atoms with E-state index >= 15 is 0 Å². The lowest BCUT2D eigenvalue weighted by molar-refractivity contribution is -0.137. The van der Waals surface area contributed by atoms with Gasteiger partial charge in [0.2, 0.25) is 0 Å². The van der Waals surface area contributed by atoms with Gasteiger partial charge >= 0.3 is 5.97 Å². The molecule has 1 rings (SSSR count). The summed E-state index contributed by atoms with van der Waals surface area (Å²) < 4.78 is 4.75. The molecule has 0 bridgehead atoms. The van der Waals surface area contributed by atoms with Gasteiger partial charge in [-0.3, -0.25) is 0 Å². The normalized spacial score (nSPS) is 22.4. The average molecular weight is 181 g/mol. The molecule has 0 amide bonds. The largest absolute Gasteiger partial charge is 0.464 e. The first-order valence-electron chi connectivity index (χ1n) is 4.64. The number of methoxy groups -OCH3 is 1. The SMILES string of the molecule is BC1CN(C)C(C(=O)OC)=C1CC. The van der Waals surface area contributed by atoms with Gasteiger partial charge in [-0.2, -0.15) is 0 Å². The minimum Gasteiger partial charge on any atom is -0.464 e. The lowest BCUT2D eigenvalue weighted by atomic mass is 9.81. The van der Waals surface area contributed by atoms with Gasteiger partial charge in [0.25, 0.3) is 0 Å². The molecule has 0 aromatic heterocycles. The van der Waals surface area contributed by atoms with Crippen LogP contribution in [-0.2, 0) is 9.53 Å². The average Bonchev–Trinajstić information content (AvgIpc) is 2.39. The summed E-state index contributed by atoms with van der Waals surface area (Å²) in [4.78, 5) is 13.4. The van der Waals surface area contributed by atoms with E-state index in [1.807, 2.05) is 11.9 Å². The number of nitrogens with zero attached hydrogens (tertiary/aromatic N) is 1. The summed E-state index contributed by atoms with van der Waals surface area (Å²) in [5.41, 5.74) is 1.98. The fraction of sp³-hybridized carbons (Fsp3) is 0.667. The van der Waals surface area contributed by atoms with Gasteiger partial charge in [0.15, 0.2) is 0 Å². The number of likely N-dealkylation sites (N-methyl/N-ethyl adjacent to an activating group) is 1. The summed E-state index contributed by atoms with van der Waals surface area (Å²) in [5.74, 6) is 0.271. The number of hydrogen-bond acceptors (Lipinski definition) is 3. The minimum atomic E-state index is -0.205. The van der Waals surface area contributed by atoms with E-state index in [1.54, 1.807) is 0 Å². The number of rotatable bonds is 2. The predicted octanol–water partition coefficient (Wildman–Crippen LogP) is 0.190. The number of carbonyl (C=O) groups excluding carboxylic acids is 1. The van der Waals surface area contributed by atoms with E-state index in [9.17, 15) is 4.79 Å². The fourth-order valence-corrected chi connectivity index (χ4v) is 1.99. The molecular weight excluding hydrogens is 165 g/mol. The topological polar surface area (TPSA) is 29.5 Å². The molecule has 1 unspecified atom stereocenters. The molecule has 4 heteroatoms. The van der Waals surface area contributed by atoms with E-state index in [0.717, 1.165) is 18.7 Å². The second-order valence-electron chi connectivity index (χ2n) is 3.50. The molecule has 0 fully saturated rings. The molecule has 72 valence electrons. The first-order chi connectivity index (χ1) is 6.11. The van der Waals surface area contributed by atoms with Crippen molar-refractivity contribution in [3.8, 4) is 0 Å². The quantitative estimate of drug-likeness (QED) is 0.450. The van der Waals surface area contributed by atoms with Gasteiger partial charge in [0.05, 0.1) is 7.11 Å². The maximum atomic E-state index is 11.4. The molecule has 0 saturated heterocycles. The third-order valence-corrected chi connectivity index (χ3v) is 2.59. The van der Waals surface area contributed by atoms with E-state index in [2.05, 4.69) is 14.8 Å². The van der Waals surface area contributed by atoms with Crippen LogP contribution in [0.15, 0.2) is 11.3 Å². The smallest absolute Gasteiger partial charge is 0.354 e. The Morgan fingerprint density at radius 1 is 1.77 bits per heavy atom. The molecule has 0 aromatic rings. The van der Waals surface area contributed by atoms with Crippen LogP contribution in [0.4, 0.5) is 0 Å². The number of ether oxygens (including phenoxy) is 1. The Kier molecular flexibility index (Phi) is 3.01. The van der Waals surface area contributed by atoms with Crippen LogP contribution in [0.5, 0.6) is 0 Å². The Bertz CT molecular complexity index is 250. The summed E-state index contributed by atoms with van der Waals surface area (Å²) in [5, 5.41) is 0. The standard InChI is InChI=1S/C9H16BNO2/c1-4-6-7(10)5-11(2)8(6)9(12)13-3/h7H,4-5,10H2,1-3H3. The van der Waals surface area contributed by atoms with Crippen molar-refractivity contribution in [3.05, 3.63) is 11.3 Å². The van der Waals surface area contributed by atoms with E-state index in [4.69, 9.17) is 4.74 Å². The van der Waals surface area contributed by atoms with Crippen LogP contribution < -0.4 is 0 Å². The Labute approximate surface area is 80.2 Å². The van der Waals surface area contributed by atoms with Crippen molar-refractivity contribution in [2.45, 2.75) is 19.2 Å². The van der Waals surface area contributed by atoms with Crippen LogP contribution in [-0.4, -0.2) is 39.4 Å². The summed E-state index contributed by atoms with van der Waals surface area (Å²) in [6, 6.07) is 0. The second-order valence-corrected chi connectivity index (χ2v) is 3.50. The third-order valence-electron chi connectivity index (χ3n) is 2.59. The zero-order chi connectivity index (χ0) is 10.0. The van der Waals surface area contributed by atoms with Crippen LogP contribution in [0.25, 0.3) is 0 Å². The van der Waals surface area contributed by atoms with Crippen LogP contribution in [0, 0.1) is 0 Å². The molecule has 13 heavy (non-hydrogen) atoms. The van der Waals surface area contributed by atoms with Crippen LogP contribution in [0.3, 0.4) is 0 Å². The van der Waals surface area contributed by atoms with Gasteiger partial charge < -0.3 is 9.64 Å². The van der Waals surface area contributed by atoms with E-state index in [1.165, 1.54) is 12.7 Å². The minimum absolute atomic E-state index is 0.205. The van der Waals surface area contributed by atoms with E-state index in [-0.39, 0.29) is 5.97 Å². The maximum Gasteiger partial charge on any atom is 0.354 e. The highest BCUT2D eigenvalue weighted by Crippen LogP contribution is 2.31. The van der Waals surface area contributed by atoms with Gasteiger partial charge in [-0.15, -0.1) is 0 Å². The molecule has 0 N–H and O–H groups in total. The van der Waals surface area contributed by atoms with Crippen molar-refractivity contribution >= 4 is 13.8 Å². The zero-order valence-corrected chi connectivity index (χ0v) is 8.76. The Morgan fingerprint density at radius 2 is 2.38 bits per heavy atom. The maximum absolute atomic E-state index is 11.4. The van der Waals surface area contributed by atoms with Gasteiger partial charge in [0.1, 0.15) is 13.5 Å². The predicted molar refractivity (Wildman–Crippen MR) is 54.3 cm³/mol. The van der Waals surface area contributed by atoms with Crippen molar-refractivity contribution in [2.75, 3.05) is 20.7 Å². The summed E-state index contributed by atoms with van der Waals surface area (Å²) in [7, 11) is 5.51. The number of esters is 1. The summed E-state index contributed by atoms with van der Waals surface area (Å²) >= 11 is 0. The number of carbonyl (C=O) groups is 1. The Hall–Kier alpha value is -0.925. The van der Waals surface area contributed by atoms with Gasteiger partial charge in [-0.05, 0) is 17.8 Å². The molecule has 0 saturated carbocycles. The Morgan fingerprint density at radius 3 is 2.85 bits per heavy atom. The van der Waals surface area contributed by atoms with Crippen molar-refractivity contribution in [1.82, 2.24) is 4.90 Å². The van der Waals surface area contributed by atoms with E-state index < -0.39 is 0 Å². The van der Waals surface area contributed by atoms with Crippen molar-refractivity contribution in [3.63, 3.8) is 0 Å². The van der Waals surface area contributed by atoms with Crippen molar-refractivity contribution in [1.29, 1.82) is 0 Å². The molecule has 1 heterocycles. The van der Waals surface area contributed by atoms with Gasteiger partial charge in [-0.1, -0.05) is 6.92 Å². The molecule has 0 aromatic carbocycles. The lowest BCUT2D eigenvalue weighted by Crippen LogP contribution is -2.21.